The second kappa shape index (κ2) is 4.80. The van der Waals surface area contributed by atoms with Crippen molar-refractivity contribution in [1.29, 1.82) is 0 Å². The van der Waals surface area contributed by atoms with Gasteiger partial charge in [-0.15, -0.1) is 0 Å². The van der Waals surface area contributed by atoms with Gasteiger partial charge >= 0.3 is 0 Å². The molecule has 0 radical (unpaired) electrons. The van der Waals surface area contributed by atoms with Gasteiger partial charge in [-0.25, -0.2) is 4.39 Å². The van der Waals surface area contributed by atoms with Crippen LogP contribution in [0.1, 0.15) is 5.56 Å². The third-order valence-corrected chi connectivity index (χ3v) is 3.27. The summed E-state index contributed by atoms with van der Waals surface area (Å²) < 4.78 is 19.7. The molecule has 0 amide bonds. The van der Waals surface area contributed by atoms with Crippen LogP contribution >= 0.6 is 0 Å². The van der Waals surface area contributed by atoms with E-state index in [9.17, 15) is 4.39 Å². The lowest BCUT2D eigenvalue weighted by Gasteiger charge is -2.22. The quantitative estimate of drug-likeness (QED) is 0.799. The van der Waals surface area contributed by atoms with Crippen molar-refractivity contribution in [2.75, 3.05) is 23.8 Å². The highest BCUT2D eigenvalue weighted by Crippen LogP contribution is 2.28. The number of halogens is 1. The van der Waals surface area contributed by atoms with Gasteiger partial charge in [0.2, 0.25) is 0 Å². The number of hydrogen-bond donors (Lipinski definition) is 1. The maximum absolute atomic E-state index is 14.0. The molecule has 4 heteroatoms. The molecule has 3 rings (SSSR count). The molecule has 1 aliphatic rings. The maximum atomic E-state index is 14.0. The first kappa shape index (κ1) is 11.8. The molecule has 2 aromatic carbocycles. The molecule has 0 spiro atoms. The second-order valence-electron chi connectivity index (χ2n) is 4.59. The zero-order chi connectivity index (χ0) is 13.2. The highest BCUT2D eigenvalue weighted by atomic mass is 19.1. The summed E-state index contributed by atoms with van der Waals surface area (Å²) in [5.41, 5.74) is 7.65. The van der Waals surface area contributed by atoms with E-state index in [1.165, 1.54) is 6.07 Å². The van der Waals surface area contributed by atoms with Crippen molar-refractivity contribution in [3.8, 4) is 5.75 Å². The van der Waals surface area contributed by atoms with E-state index in [4.69, 9.17) is 10.5 Å². The highest BCUT2D eigenvalue weighted by Gasteiger charge is 2.17. The number of nitrogen functional groups attached to an aromatic ring is 1. The van der Waals surface area contributed by atoms with E-state index in [1.807, 2.05) is 29.2 Å². The molecule has 0 atom stereocenters. The van der Waals surface area contributed by atoms with Crippen molar-refractivity contribution >= 4 is 11.4 Å². The molecule has 0 aliphatic carbocycles. The van der Waals surface area contributed by atoms with Crippen LogP contribution in [0.15, 0.2) is 42.5 Å². The van der Waals surface area contributed by atoms with Crippen LogP contribution in [0.25, 0.3) is 0 Å². The predicted molar refractivity (Wildman–Crippen MR) is 73.8 cm³/mol. The van der Waals surface area contributed by atoms with E-state index in [2.05, 4.69) is 0 Å². The molecule has 2 aromatic rings. The van der Waals surface area contributed by atoms with E-state index < -0.39 is 0 Å². The van der Waals surface area contributed by atoms with Crippen molar-refractivity contribution in [3.63, 3.8) is 0 Å². The van der Waals surface area contributed by atoms with Gasteiger partial charge in [0.15, 0.2) is 0 Å². The van der Waals surface area contributed by atoms with Gasteiger partial charge in [0.05, 0.1) is 12.2 Å². The molecule has 0 fully saturated rings. The summed E-state index contributed by atoms with van der Waals surface area (Å²) in [4.78, 5) is 1.97. The van der Waals surface area contributed by atoms with E-state index in [0.717, 1.165) is 11.3 Å². The van der Waals surface area contributed by atoms with E-state index >= 15 is 0 Å². The summed E-state index contributed by atoms with van der Waals surface area (Å²) in [5, 5.41) is 0. The van der Waals surface area contributed by atoms with Crippen molar-refractivity contribution in [1.82, 2.24) is 0 Å². The topological polar surface area (TPSA) is 38.5 Å². The van der Waals surface area contributed by atoms with Crippen LogP contribution in [0.3, 0.4) is 0 Å². The third-order valence-electron chi connectivity index (χ3n) is 3.27. The Kier molecular flexibility index (Phi) is 2.99. The van der Waals surface area contributed by atoms with Gasteiger partial charge in [0.1, 0.15) is 18.2 Å². The van der Waals surface area contributed by atoms with Crippen LogP contribution in [-0.4, -0.2) is 13.2 Å². The number of nitrogens with two attached hydrogens (primary N) is 1. The average Bonchev–Trinajstić information content (AvgIpc) is 2.60. The van der Waals surface area contributed by atoms with Crippen LogP contribution in [0, 0.1) is 5.82 Å². The van der Waals surface area contributed by atoms with Crippen LogP contribution < -0.4 is 15.4 Å². The van der Waals surface area contributed by atoms with E-state index in [0.29, 0.717) is 31.1 Å². The molecule has 1 aliphatic heterocycles. The fraction of sp³-hybridized carbons (Fsp3) is 0.200. The lowest BCUT2D eigenvalue weighted by Crippen LogP contribution is -2.26. The zero-order valence-electron chi connectivity index (χ0n) is 10.5. The van der Waals surface area contributed by atoms with Crippen molar-refractivity contribution < 1.29 is 9.13 Å². The third kappa shape index (κ3) is 2.34. The molecule has 3 nitrogen and oxygen atoms in total. The largest absolute Gasteiger partial charge is 0.491 e. The Morgan fingerprint density at radius 1 is 1.16 bits per heavy atom. The molecule has 0 unspecified atom stereocenters. The number of para-hydroxylation sites is 1. The van der Waals surface area contributed by atoms with Crippen molar-refractivity contribution in [2.24, 2.45) is 0 Å². The fourth-order valence-electron chi connectivity index (χ4n) is 2.31. The van der Waals surface area contributed by atoms with Gasteiger partial charge in [-0.1, -0.05) is 18.2 Å². The molecule has 2 N–H and O–H groups in total. The first-order valence-electron chi connectivity index (χ1n) is 6.25. The Labute approximate surface area is 111 Å². The summed E-state index contributed by atoms with van der Waals surface area (Å²) in [6.07, 6.45) is 0. The summed E-state index contributed by atoms with van der Waals surface area (Å²) in [5.74, 6) is 0.584. The van der Waals surface area contributed by atoms with E-state index in [1.54, 1.807) is 12.1 Å². The molecular weight excluding hydrogens is 243 g/mol. The first-order chi connectivity index (χ1) is 9.24. The lowest BCUT2D eigenvalue weighted by molar-refractivity contribution is 0.331. The SMILES string of the molecule is Nc1ccc(N2CCOc3ccccc3C2)c(F)c1. The number of ether oxygens (including phenoxy) is 1. The number of rotatable bonds is 1. The molecule has 1 heterocycles. The van der Waals surface area contributed by atoms with Gasteiger partial charge in [-0.3, -0.25) is 0 Å². The average molecular weight is 258 g/mol. The van der Waals surface area contributed by atoms with Crippen molar-refractivity contribution in [3.05, 3.63) is 53.8 Å². The van der Waals surface area contributed by atoms with Crippen molar-refractivity contribution in [2.45, 2.75) is 6.54 Å². The fourth-order valence-corrected chi connectivity index (χ4v) is 2.31. The summed E-state index contributed by atoms with van der Waals surface area (Å²) in [7, 11) is 0. The summed E-state index contributed by atoms with van der Waals surface area (Å²) >= 11 is 0. The van der Waals surface area contributed by atoms with Gasteiger partial charge < -0.3 is 15.4 Å². The lowest BCUT2D eigenvalue weighted by atomic mass is 10.1. The molecule has 0 aromatic heterocycles. The Morgan fingerprint density at radius 3 is 2.84 bits per heavy atom. The number of benzene rings is 2. The standard InChI is InChI=1S/C15H15FN2O/c16-13-9-12(17)5-6-14(13)18-7-8-19-15-4-2-1-3-11(15)10-18/h1-6,9H,7-8,10,17H2. The number of hydrogen-bond acceptors (Lipinski definition) is 3. The monoisotopic (exact) mass is 258 g/mol. The van der Waals surface area contributed by atoms with Crippen LogP contribution in [0.2, 0.25) is 0 Å². The van der Waals surface area contributed by atoms with Crippen LogP contribution in [0.5, 0.6) is 5.75 Å². The Balaban J connectivity index is 1.94. The van der Waals surface area contributed by atoms with Crippen LogP contribution in [-0.2, 0) is 6.54 Å². The Morgan fingerprint density at radius 2 is 2.00 bits per heavy atom. The number of nitrogens with zero attached hydrogens (tertiary/aromatic N) is 1. The minimum Gasteiger partial charge on any atom is -0.491 e. The summed E-state index contributed by atoms with van der Waals surface area (Å²) in [6, 6.07) is 12.6. The summed E-state index contributed by atoms with van der Waals surface area (Å²) in [6.45, 7) is 1.83. The smallest absolute Gasteiger partial charge is 0.148 e. The second-order valence-corrected chi connectivity index (χ2v) is 4.59. The zero-order valence-corrected chi connectivity index (χ0v) is 10.5. The number of anilines is 2. The first-order valence-corrected chi connectivity index (χ1v) is 6.25. The van der Waals surface area contributed by atoms with E-state index in [-0.39, 0.29) is 5.82 Å². The molecule has 98 valence electrons. The van der Waals surface area contributed by atoms with Crippen LogP contribution in [0.4, 0.5) is 15.8 Å². The molecule has 0 saturated carbocycles. The Hall–Kier alpha value is -2.23. The molecule has 0 saturated heterocycles. The molecular formula is C15H15FN2O. The van der Waals surface area contributed by atoms with Gasteiger partial charge in [-0.2, -0.15) is 0 Å². The maximum Gasteiger partial charge on any atom is 0.148 e. The highest BCUT2D eigenvalue weighted by molar-refractivity contribution is 5.55. The Bertz CT molecular complexity index is 600. The number of fused-ring (bicyclic) bond motifs is 1. The molecule has 19 heavy (non-hydrogen) atoms. The van der Waals surface area contributed by atoms with Gasteiger partial charge in [0, 0.05) is 17.8 Å². The minimum atomic E-state index is -0.292. The normalized spacial score (nSPS) is 14.5. The van der Waals surface area contributed by atoms with Gasteiger partial charge in [0.25, 0.3) is 0 Å². The minimum absolute atomic E-state index is 0.292. The van der Waals surface area contributed by atoms with Gasteiger partial charge in [-0.05, 0) is 24.3 Å². The predicted octanol–water partition coefficient (Wildman–Crippen LogP) is 2.81. The molecule has 0 bridgehead atoms.